The molecule has 3 rings (SSSR count). The molecule has 0 aliphatic rings. The van der Waals surface area contributed by atoms with Crippen LogP contribution in [0.4, 0.5) is 8.78 Å². The van der Waals surface area contributed by atoms with Crippen LogP contribution in [0.1, 0.15) is 34.0 Å². The second-order valence-corrected chi connectivity index (χ2v) is 7.42. The van der Waals surface area contributed by atoms with Gasteiger partial charge in [-0.25, -0.2) is 8.78 Å². The number of ketones is 1. The third kappa shape index (κ3) is 6.21. The molecule has 166 valence electrons. The number of halogens is 2. The van der Waals surface area contributed by atoms with Crippen LogP contribution in [0.2, 0.25) is 0 Å². The van der Waals surface area contributed by atoms with E-state index in [4.69, 9.17) is 9.84 Å². The van der Waals surface area contributed by atoms with E-state index in [2.05, 4.69) is 0 Å². The molecule has 1 N–H and O–H groups in total. The van der Waals surface area contributed by atoms with Crippen molar-refractivity contribution in [1.82, 2.24) is 4.90 Å². The SMILES string of the molecule is CN(CCC(Oc1cccc(C(=O)c2ccccc2F)c1)c1ccc(F)cc1)CC(=O)O. The van der Waals surface area contributed by atoms with Crippen molar-refractivity contribution in [2.24, 2.45) is 0 Å². The maximum atomic E-state index is 14.0. The van der Waals surface area contributed by atoms with Gasteiger partial charge >= 0.3 is 5.97 Å². The molecular formula is C25H23F2NO4. The average molecular weight is 439 g/mol. The Bertz CT molecular complexity index is 1090. The van der Waals surface area contributed by atoms with Gasteiger partial charge in [-0.2, -0.15) is 0 Å². The van der Waals surface area contributed by atoms with Gasteiger partial charge in [0.25, 0.3) is 0 Å². The number of carboxylic acid groups (broad SMARTS) is 1. The number of carbonyl (C=O) groups excluding carboxylic acids is 1. The number of ether oxygens (including phenoxy) is 1. The highest BCUT2D eigenvalue weighted by Gasteiger charge is 2.18. The lowest BCUT2D eigenvalue weighted by atomic mass is 10.0. The standard InChI is InChI=1S/C25H23F2NO4/c1-28(16-24(29)30)14-13-23(17-9-11-19(26)12-10-17)32-20-6-4-5-18(15-20)25(31)21-7-2-3-8-22(21)27/h2-12,15,23H,13-14,16H2,1H3,(H,29,30). The molecule has 1 atom stereocenters. The van der Waals surface area contributed by atoms with Crippen LogP contribution in [0, 0.1) is 11.6 Å². The van der Waals surface area contributed by atoms with E-state index >= 15 is 0 Å². The summed E-state index contributed by atoms with van der Waals surface area (Å²) in [4.78, 5) is 25.3. The molecule has 0 radical (unpaired) electrons. The van der Waals surface area contributed by atoms with E-state index in [-0.39, 0.29) is 23.5 Å². The van der Waals surface area contributed by atoms with Crippen molar-refractivity contribution in [3.63, 3.8) is 0 Å². The summed E-state index contributed by atoms with van der Waals surface area (Å²) in [6.07, 6.45) is -0.0772. The van der Waals surface area contributed by atoms with E-state index in [0.29, 0.717) is 24.3 Å². The molecule has 0 spiro atoms. The zero-order chi connectivity index (χ0) is 23.1. The number of benzene rings is 3. The van der Waals surface area contributed by atoms with Gasteiger partial charge in [0.1, 0.15) is 23.5 Å². The highest BCUT2D eigenvalue weighted by atomic mass is 19.1. The van der Waals surface area contributed by atoms with Crippen LogP contribution in [0.25, 0.3) is 0 Å². The first kappa shape index (κ1) is 23.1. The first-order valence-corrected chi connectivity index (χ1v) is 10.0. The molecular weight excluding hydrogens is 416 g/mol. The Labute approximate surface area is 184 Å². The van der Waals surface area contributed by atoms with Gasteiger partial charge < -0.3 is 9.84 Å². The number of hydrogen-bond donors (Lipinski definition) is 1. The van der Waals surface area contributed by atoms with Crippen molar-refractivity contribution in [2.45, 2.75) is 12.5 Å². The smallest absolute Gasteiger partial charge is 0.317 e. The Morgan fingerprint density at radius 2 is 1.72 bits per heavy atom. The minimum absolute atomic E-state index is 0.0324. The minimum atomic E-state index is -0.939. The maximum absolute atomic E-state index is 14.0. The van der Waals surface area contributed by atoms with Crippen molar-refractivity contribution < 1.29 is 28.2 Å². The summed E-state index contributed by atoms with van der Waals surface area (Å²) in [5.41, 5.74) is 0.949. The summed E-state index contributed by atoms with van der Waals surface area (Å²) in [5, 5.41) is 8.95. The molecule has 0 aliphatic heterocycles. The summed E-state index contributed by atoms with van der Waals surface area (Å²) < 4.78 is 33.5. The van der Waals surface area contributed by atoms with Crippen LogP contribution in [0.5, 0.6) is 5.75 Å². The van der Waals surface area contributed by atoms with Crippen molar-refractivity contribution >= 4 is 11.8 Å². The maximum Gasteiger partial charge on any atom is 0.317 e. The van der Waals surface area contributed by atoms with Crippen molar-refractivity contribution in [3.05, 3.63) is 101 Å². The molecule has 0 aromatic heterocycles. The van der Waals surface area contributed by atoms with Gasteiger partial charge in [-0.1, -0.05) is 36.4 Å². The lowest BCUT2D eigenvalue weighted by Crippen LogP contribution is -2.28. The number of aliphatic carboxylic acids is 1. The van der Waals surface area contributed by atoms with Gasteiger partial charge in [0, 0.05) is 18.5 Å². The Balaban J connectivity index is 1.81. The van der Waals surface area contributed by atoms with Crippen LogP contribution in [-0.2, 0) is 4.79 Å². The number of carboxylic acids is 1. The average Bonchev–Trinajstić information content (AvgIpc) is 2.77. The quantitative estimate of drug-likeness (QED) is 0.463. The van der Waals surface area contributed by atoms with Crippen molar-refractivity contribution in [1.29, 1.82) is 0 Å². The minimum Gasteiger partial charge on any atom is -0.486 e. The Morgan fingerprint density at radius 1 is 1.00 bits per heavy atom. The Kier molecular flexibility index (Phi) is 7.68. The van der Waals surface area contributed by atoms with Crippen molar-refractivity contribution in [3.8, 4) is 5.75 Å². The lowest BCUT2D eigenvalue weighted by Gasteiger charge is -2.23. The number of rotatable bonds is 10. The summed E-state index contributed by atoms with van der Waals surface area (Å²) in [6.45, 7) is 0.297. The predicted octanol–water partition coefficient (Wildman–Crippen LogP) is 4.72. The molecule has 3 aromatic carbocycles. The van der Waals surface area contributed by atoms with Gasteiger partial charge in [-0.05, 0) is 49.0 Å². The highest BCUT2D eigenvalue weighted by molar-refractivity contribution is 6.09. The first-order chi connectivity index (χ1) is 15.3. The van der Waals surface area contributed by atoms with Gasteiger partial charge in [-0.3, -0.25) is 14.5 Å². The molecule has 0 bridgehead atoms. The summed E-state index contributed by atoms with van der Waals surface area (Å²) in [5.74, 6) is -2.00. The van der Waals surface area contributed by atoms with Crippen LogP contribution >= 0.6 is 0 Å². The summed E-state index contributed by atoms with van der Waals surface area (Å²) >= 11 is 0. The topological polar surface area (TPSA) is 66.8 Å². The predicted molar refractivity (Wildman–Crippen MR) is 116 cm³/mol. The number of hydrogen-bond acceptors (Lipinski definition) is 4. The van der Waals surface area contributed by atoms with E-state index in [0.717, 1.165) is 0 Å². The first-order valence-electron chi connectivity index (χ1n) is 10.0. The Morgan fingerprint density at radius 3 is 2.41 bits per heavy atom. The third-order valence-corrected chi connectivity index (χ3v) is 4.91. The lowest BCUT2D eigenvalue weighted by molar-refractivity contribution is -0.138. The van der Waals surface area contributed by atoms with E-state index in [9.17, 15) is 18.4 Å². The molecule has 32 heavy (non-hydrogen) atoms. The van der Waals surface area contributed by atoms with Gasteiger partial charge in [0.05, 0.1) is 12.1 Å². The van der Waals surface area contributed by atoms with Crippen molar-refractivity contribution in [2.75, 3.05) is 20.1 Å². The fraction of sp³-hybridized carbons (Fsp3) is 0.200. The summed E-state index contributed by atoms with van der Waals surface area (Å²) in [7, 11) is 1.68. The molecule has 0 saturated carbocycles. The highest BCUT2D eigenvalue weighted by Crippen LogP contribution is 2.27. The largest absolute Gasteiger partial charge is 0.486 e. The second-order valence-electron chi connectivity index (χ2n) is 7.42. The molecule has 0 heterocycles. The van der Waals surface area contributed by atoms with Crippen LogP contribution < -0.4 is 4.74 Å². The molecule has 5 nitrogen and oxygen atoms in total. The fourth-order valence-electron chi connectivity index (χ4n) is 3.29. The van der Waals surface area contributed by atoms with Gasteiger partial charge in [-0.15, -0.1) is 0 Å². The summed E-state index contributed by atoms with van der Waals surface area (Å²) in [6, 6.07) is 18.0. The number of nitrogens with zero attached hydrogens (tertiary/aromatic N) is 1. The van der Waals surface area contributed by atoms with Crippen LogP contribution in [0.15, 0.2) is 72.8 Å². The molecule has 0 fully saturated rings. The third-order valence-electron chi connectivity index (χ3n) is 4.91. The molecule has 1 unspecified atom stereocenters. The molecule has 0 aliphatic carbocycles. The molecule has 3 aromatic rings. The molecule has 0 amide bonds. The Hall–Kier alpha value is -3.58. The monoisotopic (exact) mass is 439 g/mol. The normalized spacial score (nSPS) is 11.9. The van der Waals surface area contributed by atoms with E-state index < -0.39 is 23.7 Å². The van der Waals surface area contributed by atoms with Gasteiger partial charge in [0.2, 0.25) is 0 Å². The zero-order valence-electron chi connectivity index (χ0n) is 17.5. The number of carbonyl (C=O) groups is 2. The fourth-order valence-corrected chi connectivity index (χ4v) is 3.29. The molecule has 7 heteroatoms. The van der Waals surface area contributed by atoms with Gasteiger partial charge in [0.15, 0.2) is 5.78 Å². The van der Waals surface area contributed by atoms with Crippen LogP contribution in [-0.4, -0.2) is 41.9 Å². The zero-order valence-corrected chi connectivity index (χ0v) is 17.5. The molecule has 0 saturated heterocycles. The van der Waals surface area contributed by atoms with E-state index in [1.54, 1.807) is 48.3 Å². The van der Waals surface area contributed by atoms with E-state index in [1.807, 2.05) is 0 Å². The van der Waals surface area contributed by atoms with E-state index in [1.165, 1.54) is 36.4 Å². The van der Waals surface area contributed by atoms with Crippen LogP contribution in [0.3, 0.4) is 0 Å². The number of likely N-dealkylation sites (N-methyl/N-ethyl adjacent to an activating group) is 1. The second kappa shape index (κ2) is 10.6.